The Hall–Kier alpha value is -1.42. The summed E-state index contributed by atoms with van der Waals surface area (Å²) in [6.07, 6.45) is 7.78. The van der Waals surface area contributed by atoms with E-state index < -0.39 is 0 Å². The Balaban J connectivity index is 1.49. The second-order valence-corrected chi connectivity index (χ2v) is 6.63. The number of nitrogens with one attached hydrogen (secondary N) is 1. The lowest BCUT2D eigenvalue weighted by Gasteiger charge is -2.43. The molecule has 0 radical (unpaired) electrons. The first-order valence-corrected chi connectivity index (χ1v) is 8.47. The van der Waals surface area contributed by atoms with Gasteiger partial charge in [-0.05, 0) is 55.8 Å². The van der Waals surface area contributed by atoms with Gasteiger partial charge < -0.3 is 5.32 Å². The average Bonchev–Trinajstić information content (AvgIpc) is 2.55. The van der Waals surface area contributed by atoms with Crippen molar-refractivity contribution >= 4 is 5.91 Å². The number of halogens is 1. The third kappa shape index (κ3) is 3.86. The molecule has 1 aliphatic heterocycles. The Morgan fingerprint density at radius 1 is 1.14 bits per heavy atom. The van der Waals surface area contributed by atoms with E-state index in [0.29, 0.717) is 19.1 Å². The highest BCUT2D eigenvalue weighted by Crippen LogP contribution is 2.34. The Labute approximate surface area is 131 Å². The molecule has 1 N–H and O–H groups in total. The van der Waals surface area contributed by atoms with Crippen molar-refractivity contribution in [2.75, 3.05) is 13.1 Å². The quantitative estimate of drug-likeness (QED) is 0.927. The summed E-state index contributed by atoms with van der Waals surface area (Å²) in [7, 11) is 0. The fourth-order valence-corrected chi connectivity index (χ4v) is 3.97. The molecule has 1 aromatic carbocycles. The highest BCUT2D eigenvalue weighted by atomic mass is 19.1. The highest BCUT2D eigenvalue weighted by molar-refractivity contribution is 5.78. The van der Waals surface area contributed by atoms with Crippen LogP contribution in [0.15, 0.2) is 24.3 Å². The van der Waals surface area contributed by atoms with Gasteiger partial charge in [0, 0.05) is 12.6 Å². The fraction of sp³-hybridized carbons (Fsp3) is 0.611. The lowest BCUT2D eigenvalue weighted by atomic mass is 9.78. The first-order valence-electron chi connectivity index (χ1n) is 8.47. The molecule has 2 aliphatic rings. The monoisotopic (exact) mass is 304 g/mol. The molecule has 1 aromatic rings. The molecule has 0 spiro atoms. The molecule has 1 saturated heterocycles. The van der Waals surface area contributed by atoms with Crippen LogP contribution in [0.25, 0.3) is 0 Å². The SMILES string of the molecule is O=C(CN1CCC[C@@H]2CCCC[C@@H]21)NCc1ccc(F)cc1. The molecule has 2 atom stereocenters. The molecule has 3 rings (SSSR count). The smallest absolute Gasteiger partial charge is 0.234 e. The number of benzene rings is 1. The van der Waals surface area contributed by atoms with Gasteiger partial charge in [-0.25, -0.2) is 4.39 Å². The fourth-order valence-electron chi connectivity index (χ4n) is 3.97. The van der Waals surface area contributed by atoms with E-state index in [9.17, 15) is 9.18 Å². The molecule has 4 heteroatoms. The molecular weight excluding hydrogens is 279 g/mol. The Morgan fingerprint density at radius 3 is 2.68 bits per heavy atom. The van der Waals surface area contributed by atoms with E-state index in [2.05, 4.69) is 10.2 Å². The van der Waals surface area contributed by atoms with E-state index in [0.717, 1.165) is 18.0 Å². The summed E-state index contributed by atoms with van der Waals surface area (Å²) in [6.45, 7) is 2.02. The minimum Gasteiger partial charge on any atom is -0.351 e. The van der Waals surface area contributed by atoms with Gasteiger partial charge in [0.05, 0.1) is 6.54 Å². The molecule has 0 unspecified atom stereocenters. The number of carbonyl (C=O) groups excluding carboxylic acids is 1. The molecule has 2 fully saturated rings. The predicted molar refractivity (Wildman–Crippen MR) is 84.8 cm³/mol. The van der Waals surface area contributed by atoms with Crippen molar-refractivity contribution in [1.29, 1.82) is 0 Å². The van der Waals surface area contributed by atoms with Gasteiger partial charge in [0.2, 0.25) is 5.91 Å². The molecule has 0 bridgehead atoms. The number of rotatable bonds is 4. The first-order chi connectivity index (χ1) is 10.7. The van der Waals surface area contributed by atoms with Crippen LogP contribution in [0, 0.1) is 11.7 Å². The predicted octanol–water partition coefficient (Wildman–Crippen LogP) is 3.10. The normalized spacial score (nSPS) is 25.5. The summed E-state index contributed by atoms with van der Waals surface area (Å²) in [5.41, 5.74) is 0.934. The van der Waals surface area contributed by atoms with Crippen molar-refractivity contribution in [1.82, 2.24) is 10.2 Å². The topological polar surface area (TPSA) is 32.3 Å². The molecule has 120 valence electrons. The van der Waals surface area contributed by atoms with Crippen molar-refractivity contribution < 1.29 is 9.18 Å². The van der Waals surface area contributed by atoms with E-state index in [1.807, 2.05) is 0 Å². The number of amides is 1. The van der Waals surface area contributed by atoms with Crippen molar-refractivity contribution in [3.05, 3.63) is 35.6 Å². The molecule has 1 saturated carbocycles. The summed E-state index contributed by atoms with van der Waals surface area (Å²) in [5.74, 6) is 0.634. The molecular formula is C18H25FN2O. The second kappa shape index (κ2) is 7.23. The van der Waals surface area contributed by atoms with Crippen molar-refractivity contribution in [3.8, 4) is 0 Å². The van der Waals surface area contributed by atoms with E-state index in [4.69, 9.17) is 0 Å². The van der Waals surface area contributed by atoms with Gasteiger partial charge in [0.15, 0.2) is 0 Å². The number of hydrogen-bond donors (Lipinski definition) is 1. The number of fused-ring (bicyclic) bond motifs is 1. The van der Waals surface area contributed by atoms with Crippen LogP contribution in [0.4, 0.5) is 4.39 Å². The van der Waals surface area contributed by atoms with E-state index in [-0.39, 0.29) is 11.7 Å². The minimum atomic E-state index is -0.244. The van der Waals surface area contributed by atoms with Crippen LogP contribution in [0.2, 0.25) is 0 Å². The zero-order chi connectivity index (χ0) is 15.4. The van der Waals surface area contributed by atoms with Crippen molar-refractivity contribution in [2.45, 2.75) is 51.1 Å². The summed E-state index contributed by atoms with van der Waals surface area (Å²) in [5, 5.41) is 2.96. The van der Waals surface area contributed by atoms with E-state index >= 15 is 0 Å². The van der Waals surface area contributed by atoms with Crippen molar-refractivity contribution in [3.63, 3.8) is 0 Å². The third-order valence-electron chi connectivity index (χ3n) is 5.11. The largest absolute Gasteiger partial charge is 0.351 e. The van der Waals surface area contributed by atoms with Crippen LogP contribution in [-0.4, -0.2) is 29.9 Å². The number of likely N-dealkylation sites (tertiary alicyclic amines) is 1. The van der Waals surface area contributed by atoms with Gasteiger partial charge in [-0.1, -0.05) is 25.0 Å². The van der Waals surface area contributed by atoms with E-state index in [1.165, 1.54) is 50.7 Å². The summed E-state index contributed by atoms with van der Waals surface area (Å²) >= 11 is 0. The first kappa shape index (κ1) is 15.5. The van der Waals surface area contributed by atoms with Crippen LogP contribution in [0.3, 0.4) is 0 Å². The zero-order valence-electron chi connectivity index (χ0n) is 13.1. The highest BCUT2D eigenvalue weighted by Gasteiger charge is 2.33. The molecule has 1 heterocycles. The maximum Gasteiger partial charge on any atom is 0.234 e. The molecule has 1 aliphatic carbocycles. The van der Waals surface area contributed by atoms with Gasteiger partial charge in [-0.15, -0.1) is 0 Å². The third-order valence-corrected chi connectivity index (χ3v) is 5.11. The van der Waals surface area contributed by atoms with Gasteiger partial charge in [-0.2, -0.15) is 0 Å². The lowest BCUT2D eigenvalue weighted by molar-refractivity contribution is -0.124. The van der Waals surface area contributed by atoms with Gasteiger partial charge in [0.25, 0.3) is 0 Å². The maximum atomic E-state index is 12.9. The Bertz CT molecular complexity index is 500. The zero-order valence-corrected chi connectivity index (χ0v) is 13.1. The van der Waals surface area contributed by atoms with Gasteiger partial charge in [0.1, 0.15) is 5.82 Å². The Morgan fingerprint density at radius 2 is 1.86 bits per heavy atom. The maximum absolute atomic E-state index is 12.9. The van der Waals surface area contributed by atoms with Crippen LogP contribution in [0.1, 0.15) is 44.1 Å². The van der Waals surface area contributed by atoms with Crippen LogP contribution < -0.4 is 5.32 Å². The summed E-state index contributed by atoms with van der Waals surface area (Å²) < 4.78 is 12.9. The van der Waals surface area contributed by atoms with Gasteiger partial charge in [-0.3, -0.25) is 9.69 Å². The van der Waals surface area contributed by atoms with Crippen LogP contribution in [0.5, 0.6) is 0 Å². The molecule has 1 amide bonds. The van der Waals surface area contributed by atoms with Gasteiger partial charge >= 0.3 is 0 Å². The molecule has 0 aromatic heterocycles. The molecule has 3 nitrogen and oxygen atoms in total. The second-order valence-electron chi connectivity index (χ2n) is 6.63. The average molecular weight is 304 g/mol. The summed E-state index contributed by atoms with van der Waals surface area (Å²) in [4.78, 5) is 14.6. The number of hydrogen-bond acceptors (Lipinski definition) is 2. The summed E-state index contributed by atoms with van der Waals surface area (Å²) in [6, 6.07) is 6.90. The van der Waals surface area contributed by atoms with Crippen molar-refractivity contribution in [2.24, 2.45) is 5.92 Å². The van der Waals surface area contributed by atoms with E-state index in [1.54, 1.807) is 12.1 Å². The Kier molecular flexibility index (Phi) is 5.08. The molecule has 22 heavy (non-hydrogen) atoms. The van der Waals surface area contributed by atoms with Crippen LogP contribution >= 0.6 is 0 Å². The number of carbonyl (C=O) groups is 1. The number of nitrogens with zero attached hydrogens (tertiary/aromatic N) is 1. The number of piperidine rings is 1. The van der Waals surface area contributed by atoms with Crippen LogP contribution in [-0.2, 0) is 11.3 Å². The standard InChI is InChI=1S/C18H25FN2O/c19-16-9-7-14(8-10-16)12-20-18(22)13-21-11-3-5-15-4-1-2-6-17(15)21/h7-10,15,17H,1-6,11-13H2,(H,20,22)/t15-,17-/m0/s1. The minimum absolute atomic E-state index is 0.0792. The lowest BCUT2D eigenvalue weighted by Crippen LogP contribution is -2.50.